The van der Waals surface area contributed by atoms with E-state index in [4.69, 9.17) is 9.47 Å². The lowest BCUT2D eigenvalue weighted by atomic mass is 10.0. The molecule has 2 amide bonds. The maximum atomic E-state index is 14.3. The number of imidazole rings is 1. The number of nitrogens with zero attached hydrogens (tertiary/aromatic N) is 5. The van der Waals surface area contributed by atoms with Gasteiger partial charge in [0.25, 0.3) is 21.8 Å². The zero-order valence-electron chi connectivity index (χ0n) is 27.0. The number of fused-ring (bicyclic) bond motifs is 1. The molecular formula is C32H44N6O7S. The van der Waals surface area contributed by atoms with Crippen LogP contribution in [0.3, 0.4) is 0 Å². The average Bonchev–Trinajstić information content (AvgIpc) is 3.49. The first-order valence-electron chi connectivity index (χ1n) is 15.4. The van der Waals surface area contributed by atoms with E-state index in [1.165, 1.54) is 36.3 Å². The number of aliphatic hydroxyl groups excluding tert-OH is 1. The zero-order chi connectivity index (χ0) is 33.4. The first-order valence-corrected chi connectivity index (χ1v) is 16.8. The van der Waals surface area contributed by atoms with Gasteiger partial charge in [0.05, 0.1) is 36.7 Å². The quantitative estimate of drug-likeness (QED) is 0.372. The van der Waals surface area contributed by atoms with E-state index < -0.39 is 28.1 Å². The summed E-state index contributed by atoms with van der Waals surface area (Å²) in [5, 5.41) is 13.0. The van der Waals surface area contributed by atoms with Gasteiger partial charge in [0.1, 0.15) is 5.75 Å². The molecule has 1 aliphatic heterocycles. The molecule has 2 aromatic heterocycles. The van der Waals surface area contributed by atoms with Crippen LogP contribution in [0.5, 0.6) is 5.75 Å². The Labute approximate surface area is 270 Å². The summed E-state index contributed by atoms with van der Waals surface area (Å²) in [5.41, 5.74) is 1.05. The van der Waals surface area contributed by atoms with E-state index in [0.717, 1.165) is 12.8 Å². The van der Waals surface area contributed by atoms with Crippen molar-refractivity contribution < 1.29 is 32.6 Å². The largest absolute Gasteiger partial charge is 0.490 e. The summed E-state index contributed by atoms with van der Waals surface area (Å²) in [6, 6.07) is 7.54. The molecule has 4 atom stereocenters. The Morgan fingerprint density at radius 2 is 1.93 bits per heavy atom. The molecule has 0 spiro atoms. The maximum Gasteiger partial charge on any atom is 0.261 e. The van der Waals surface area contributed by atoms with Crippen LogP contribution in [0.15, 0.2) is 60.3 Å². The molecule has 0 aliphatic carbocycles. The lowest BCUT2D eigenvalue weighted by Crippen LogP contribution is -2.48. The van der Waals surface area contributed by atoms with Gasteiger partial charge in [0, 0.05) is 69.6 Å². The molecule has 3 aromatic rings. The summed E-state index contributed by atoms with van der Waals surface area (Å²) in [6.45, 7) is 5.86. The number of carbonyl (C=O) groups is 2. The van der Waals surface area contributed by atoms with Gasteiger partial charge in [-0.1, -0.05) is 6.92 Å². The first kappa shape index (κ1) is 35.0. The highest BCUT2D eigenvalue weighted by atomic mass is 32.2. The fraction of sp³-hybridized carbons (Fsp3) is 0.500. The third kappa shape index (κ3) is 8.69. The van der Waals surface area contributed by atoms with Gasteiger partial charge in [-0.25, -0.2) is 13.4 Å². The number of benzene rings is 1. The topological polar surface area (TPSA) is 156 Å². The second kappa shape index (κ2) is 15.6. The van der Waals surface area contributed by atoms with Gasteiger partial charge in [0.15, 0.2) is 5.03 Å². The number of hydrogen-bond acceptors (Lipinski definition) is 9. The number of nitrogens with one attached hydrogen (secondary N) is 1. The molecule has 2 N–H and O–H groups in total. The number of likely N-dealkylation sites (N-methyl/N-ethyl adjacent to an activating group) is 1. The van der Waals surface area contributed by atoms with Crippen molar-refractivity contribution in [3.63, 3.8) is 0 Å². The SMILES string of the molecule is C[C@@H]1CCCCO[C@H](CN(C)S(=O)(=O)c2cn(C)cn2)[C@@H](C)CN([C@@H](C)CO)C(=O)c2cc(NC(=O)c3ccncc3)ccc2O1. The highest BCUT2D eigenvalue weighted by Crippen LogP contribution is 2.29. The molecule has 4 rings (SSSR count). The molecule has 3 heterocycles. The van der Waals surface area contributed by atoms with E-state index >= 15 is 0 Å². The van der Waals surface area contributed by atoms with Gasteiger partial charge in [-0.05, 0) is 63.4 Å². The Hall–Kier alpha value is -3.85. The molecule has 250 valence electrons. The van der Waals surface area contributed by atoms with E-state index in [2.05, 4.69) is 15.3 Å². The number of aliphatic hydroxyl groups is 1. The van der Waals surface area contributed by atoms with E-state index in [-0.39, 0.29) is 48.2 Å². The molecule has 14 heteroatoms. The van der Waals surface area contributed by atoms with Gasteiger partial charge in [-0.3, -0.25) is 14.6 Å². The minimum atomic E-state index is -3.88. The highest BCUT2D eigenvalue weighted by Gasteiger charge is 2.33. The van der Waals surface area contributed by atoms with E-state index in [0.29, 0.717) is 30.0 Å². The Balaban J connectivity index is 1.65. The van der Waals surface area contributed by atoms with Gasteiger partial charge in [0.2, 0.25) is 0 Å². The summed E-state index contributed by atoms with van der Waals surface area (Å²) in [7, 11) is -0.696. The van der Waals surface area contributed by atoms with Crippen LogP contribution in [0.2, 0.25) is 0 Å². The van der Waals surface area contributed by atoms with Crippen LogP contribution in [-0.2, 0) is 21.8 Å². The number of anilines is 1. The van der Waals surface area contributed by atoms with Crippen LogP contribution < -0.4 is 10.1 Å². The predicted molar refractivity (Wildman–Crippen MR) is 172 cm³/mol. The molecule has 1 aromatic carbocycles. The summed E-state index contributed by atoms with van der Waals surface area (Å²) in [4.78, 5) is 36.7. The average molecular weight is 657 g/mol. The van der Waals surface area contributed by atoms with E-state index in [1.807, 2.05) is 13.8 Å². The predicted octanol–water partition coefficient (Wildman–Crippen LogP) is 3.18. The van der Waals surface area contributed by atoms with Gasteiger partial charge >= 0.3 is 0 Å². The molecule has 46 heavy (non-hydrogen) atoms. The summed E-state index contributed by atoms with van der Waals surface area (Å²) in [5.74, 6) is -0.724. The fourth-order valence-electron chi connectivity index (χ4n) is 5.20. The van der Waals surface area contributed by atoms with Crippen molar-refractivity contribution in [2.45, 2.75) is 63.3 Å². The first-order chi connectivity index (χ1) is 21.9. The number of rotatable bonds is 8. The number of aromatic nitrogens is 3. The number of sulfonamides is 1. The molecule has 0 bridgehead atoms. The molecule has 0 saturated carbocycles. The minimum Gasteiger partial charge on any atom is -0.490 e. The second-order valence-electron chi connectivity index (χ2n) is 11.9. The number of pyridine rings is 1. The van der Waals surface area contributed by atoms with E-state index in [1.54, 1.807) is 53.8 Å². The van der Waals surface area contributed by atoms with Crippen molar-refractivity contribution in [1.82, 2.24) is 23.7 Å². The Morgan fingerprint density at radius 3 is 2.61 bits per heavy atom. The maximum absolute atomic E-state index is 14.3. The smallest absolute Gasteiger partial charge is 0.261 e. The van der Waals surface area contributed by atoms with Crippen LogP contribution >= 0.6 is 0 Å². The van der Waals surface area contributed by atoms with Crippen LogP contribution in [-0.4, -0.2) is 101 Å². The summed E-state index contributed by atoms with van der Waals surface area (Å²) in [6.07, 6.45) is 7.36. The normalized spacial score (nSPS) is 20.8. The number of ether oxygens (including phenoxy) is 2. The highest BCUT2D eigenvalue weighted by molar-refractivity contribution is 7.89. The monoisotopic (exact) mass is 656 g/mol. The summed E-state index contributed by atoms with van der Waals surface area (Å²) >= 11 is 0. The van der Waals surface area contributed by atoms with Crippen molar-refractivity contribution in [3.05, 3.63) is 66.4 Å². The van der Waals surface area contributed by atoms with Crippen LogP contribution in [0, 0.1) is 5.92 Å². The molecule has 0 saturated heterocycles. The fourth-order valence-corrected chi connectivity index (χ4v) is 6.35. The molecule has 0 radical (unpaired) electrons. The molecule has 1 aliphatic rings. The lowest BCUT2D eigenvalue weighted by molar-refractivity contribution is -0.00835. The third-order valence-corrected chi connectivity index (χ3v) is 9.75. The van der Waals surface area contributed by atoms with Crippen LogP contribution in [0.4, 0.5) is 5.69 Å². The lowest BCUT2D eigenvalue weighted by Gasteiger charge is -2.35. The molecule has 0 unspecified atom stereocenters. The number of aryl methyl sites for hydroxylation is 1. The van der Waals surface area contributed by atoms with Crippen LogP contribution in [0.25, 0.3) is 0 Å². The van der Waals surface area contributed by atoms with Gasteiger partial charge in [-0.2, -0.15) is 4.31 Å². The Kier molecular flexibility index (Phi) is 11.9. The number of hydrogen-bond donors (Lipinski definition) is 2. The Morgan fingerprint density at radius 1 is 1.20 bits per heavy atom. The van der Waals surface area contributed by atoms with Crippen LogP contribution in [0.1, 0.15) is 60.7 Å². The van der Waals surface area contributed by atoms with E-state index in [9.17, 15) is 23.1 Å². The molecule has 0 fully saturated rings. The molecule has 13 nitrogen and oxygen atoms in total. The third-order valence-electron chi connectivity index (χ3n) is 8.04. The van der Waals surface area contributed by atoms with Crippen molar-refractivity contribution in [1.29, 1.82) is 0 Å². The van der Waals surface area contributed by atoms with Crippen molar-refractivity contribution in [3.8, 4) is 5.75 Å². The molecular weight excluding hydrogens is 612 g/mol. The second-order valence-corrected chi connectivity index (χ2v) is 13.9. The van der Waals surface area contributed by atoms with Crippen molar-refractivity contribution >= 4 is 27.5 Å². The Bertz CT molecular complexity index is 1580. The standard InChI is InChI=1S/C32H44N6O7S/c1-22-17-38(23(2)20-39)32(41)27-16-26(35-31(40)25-11-13-33-14-12-25)9-10-28(27)45-24(3)8-6-7-15-44-29(22)18-37(5)46(42,43)30-19-36(4)21-34-30/h9-14,16,19,21-24,29,39H,6-8,15,17-18,20H2,1-5H3,(H,35,40)/t22-,23-,24+,29+/m0/s1. The van der Waals surface area contributed by atoms with Crippen molar-refractivity contribution in [2.75, 3.05) is 38.7 Å². The zero-order valence-corrected chi connectivity index (χ0v) is 27.8. The van der Waals surface area contributed by atoms with Gasteiger partial charge in [-0.15, -0.1) is 0 Å². The minimum absolute atomic E-state index is 0.0386. The van der Waals surface area contributed by atoms with Crippen molar-refractivity contribution in [2.24, 2.45) is 13.0 Å². The summed E-state index contributed by atoms with van der Waals surface area (Å²) < 4.78 is 41.9. The van der Waals surface area contributed by atoms with Gasteiger partial charge < -0.3 is 29.4 Å². The number of amides is 2. The number of carbonyl (C=O) groups excluding carboxylic acids is 2.